The van der Waals surface area contributed by atoms with Gasteiger partial charge in [-0.25, -0.2) is 13.1 Å². The van der Waals surface area contributed by atoms with E-state index in [4.69, 9.17) is 0 Å². The number of aryl methyl sites for hydroxylation is 2. The molecule has 0 bridgehead atoms. The zero-order valence-corrected chi connectivity index (χ0v) is 16.4. The Bertz CT molecular complexity index is 916. The molecular weight excluding hydrogens is 390 g/mol. The number of hydrogen-bond acceptors (Lipinski definition) is 4. The smallest absolute Gasteiger partial charge is 0.387 e. The molecule has 2 rings (SSSR count). The van der Waals surface area contributed by atoms with E-state index in [0.29, 0.717) is 12.1 Å². The summed E-state index contributed by atoms with van der Waals surface area (Å²) in [6, 6.07) is 10.4. The molecule has 0 saturated carbocycles. The molecule has 0 radical (unpaired) electrons. The summed E-state index contributed by atoms with van der Waals surface area (Å²) >= 11 is 0. The minimum Gasteiger partial charge on any atom is -0.435 e. The van der Waals surface area contributed by atoms with Crippen LogP contribution in [0.2, 0.25) is 0 Å². The van der Waals surface area contributed by atoms with Crippen LogP contribution in [0.5, 0.6) is 5.75 Å². The number of nitrogens with one attached hydrogen (secondary N) is 2. The summed E-state index contributed by atoms with van der Waals surface area (Å²) in [4.78, 5) is 12.1. The number of amides is 1. The molecule has 1 amide bonds. The number of anilines is 1. The Balaban J connectivity index is 1.78. The first-order chi connectivity index (χ1) is 13.2. The second kappa shape index (κ2) is 9.61. The Hall–Kier alpha value is -2.52. The second-order valence-electron chi connectivity index (χ2n) is 6.20. The number of alkyl halides is 2. The third-order valence-corrected chi connectivity index (χ3v) is 5.48. The molecule has 6 nitrogen and oxygen atoms in total. The van der Waals surface area contributed by atoms with Gasteiger partial charge in [0.25, 0.3) is 0 Å². The van der Waals surface area contributed by atoms with E-state index in [1.54, 1.807) is 18.2 Å². The van der Waals surface area contributed by atoms with Gasteiger partial charge in [0.05, 0.1) is 4.90 Å². The molecule has 0 heterocycles. The Morgan fingerprint density at radius 3 is 2.36 bits per heavy atom. The molecule has 0 saturated heterocycles. The molecule has 9 heteroatoms. The molecule has 2 aromatic rings. The first kappa shape index (κ1) is 21.8. The van der Waals surface area contributed by atoms with Gasteiger partial charge in [-0.05, 0) is 67.8 Å². The number of hydrogen-bond donors (Lipinski definition) is 2. The van der Waals surface area contributed by atoms with E-state index < -0.39 is 16.6 Å². The molecule has 0 fully saturated rings. The summed E-state index contributed by atoms with van der Waals surface area (Å²) in [6.07, 6.45) is 0.410. The monoisotopic (exact) mass is 412 g/mol. The molecule has 0 aliphatic heterocycles. The maximum atomic E-state index is 12.3. The van der Waals surface area contributed by atoms with Crippen molar-refractivity contribution < 1.29 is 26.7 Å². The van der Waals surface area contributed by atoms with E-state index in [0.717, 1.165) is 11.1 Å². The zero-order chi connectivity index (χ0) is 20.7. The van der Waals surface area contributed by atoms with Gasteiger partial charge in [0.15, 0.2) is 0 Å². The van der Waals surface area contributed by atoms with Crippen LogP contribution in [0.1, 0.15) is 24.0 Å². The number of benzene rings is 2. The van der Waals surface area contributed by atoms with E-state index in [9.17, 15) is 22.0 Å². The Morgan fingerprint density at radius 1 is 1.07 bits per heavy atom. The number of carbonyl (C=O) groups is 1. The highest BCUT2D eigenvalue weighted by molar-refractivity contribution is 7.89. The van der Waals surface area contributed by atoms with Crippen molar-refractivity contribution in [3.63, 3.8) is 0 Å². The van der Waals surface area contributed by atoms with Crippen molar-refractivity contribution in [1.82, 2.24) is 4.72 Å². The van der Waals surface area contributed by atoms with Gasteiger partial charge in [-0.1, -0.05) is 6.07 Å². The molecule has 152 valence electrons. The van der Waals surface area contributed by atoms with Crippen molar-refractivity contribution in [3.05, 3.63) is 53.6 Å². The molecule has 0 spiro atoms. The standard InChI is InChI=1S/C19H22F2N2O4S/c1-13-5-10-17(12-14(13)2)28(25,26)22-11-3-4-18(24)23-15-6-8-16(9-7-15)27-19(20)21/h5-10,12,19,22H,3-4,11H2,1-2H3,(H,23,24). The highest BCUT2D eigenvalue weighted by Gasteiger charge is 2.14. The van der Waals surface area contributed by atoms with Gasteiger partial charge in [0.1, 0.15) is 5.75 Å². The van der Waals surface area contributed by atoms with Crippen LogP contribution in [0.15, 0.2) is 47.4 Å². The van der Waals surface area contributed by atoms with Gasteiger partial charge >= 0.3 is 6.61 Å². The Kier molecular flexibility index (Phi) is 7.47. The minimum absolute atomic E-state index is 0.00579. The number of carbonyl (C=O) groups excluding carboxylic acids is 1. The molecular formula is C19H22F2N2O4S. The number of sulfonamides is 1. The highest BCUT2D eigenvalue weighted by atomic mass is 32.2. The Morgan fingerprint density at radius 2 is 1.75 bits per heavy atom. The van der Waals surface area contributed by atoms with Crippen LogP contribution in [-0.4, -0.2) is 27.5 Å². The Labute approximate surface area is 163 Å². The molecule has 0 aromatic heterocycles. The van der Waals surface area contributed by atoms with Crippen LogP contribution in [0, 0.1) is 13.8 Å². The van der Waals surface area contributed by atoms with Crippen LogP contribution in [0.25, 0.3) is 0 Å². The van der Waals surface area contributed by atoms with Crippen LogP contribution in [0.4, 0.5) is 14.5 Å². The normalized spacial score (nSPS) is 11.5. The molecule has 0 aliphatic rings. The topological polar surface area (TPSA) is 84.5 Å². The number of halogens is 2. The van der Waals surface area contributed by atoms with E-state index in [1.807, 2.05) is 13.8 Å². The summed E-state index contributed by atoms with van der Waals surface area (Å²) in [6.45, 7) is 0.944. The third kappa shape index (κ3) is 6.58. The van der Waals surface area contributed by atoms with E-state index >= 15 is 0 Å². The first-order valence-electron chi connectivity index (χ1n) is 8.59. The van der Waals surface area contributed by atoms with Gasteiger partial charge in [-0.2, -0.15) is 8.78 Å². The summed E-state index contributed by atoms with van der Waals surface area (Å²) in [5.41, 5.74) is 2.32. The van der Waals surface area contributed by atoms with Crippen molar-refractivity contribution in [2.24, 2.45) is 0 Å². The zero-order valence-electron chi connectivity index (χ0n) is 15.5. The largest absolute Gasteiger partial charge is 0.435 e. The molecule has 28 heavy (non-hydrogen) atoms. The van der Waals surface area contributed by atoms with Crippen LogP contribution >= 0.6 is 0 Å². The van der Waals surface area contributed by atoms with Crippen LogP contribution < -0.4 is 14.8 Å². The molecule has 0 atom stereocenters. The highest BCUT2D eigenvalue weighted by Crippen LogP contribution is 2.18. The van der Waals surface area contributed by atoms with Crippen LogP contribution in [-0.2, 0) is 14.8 Å². The summed E-state index contributed by atoms with van der Waals surface area (Å²) in [5, 5.41) is 2.61. The summed E-state index contributed by atoms with van der Waals surface area (Å²) < 4.78 is 55.4. The van der Waals surface area contributed by atoms with Gasteiger partial charge < -0.3 is 10.1 Å². The lowest BCUT2D eigenvalue weighted by Crippen LogP contribution is -2.26. The minimum atomic E-state index is -3.63. The maximum Gasteiger partial charge on any atom is 0.387 e. The second-order valence-corrected chi connectivity index (χ2v) is 7.97. The first-order valence-corrected chi connectivity index (χ1v) is 10.1. The lowest BCUT2D eigenvalue weighted by molar-refractivity contribution is -0.116. The van der Waals surface area contributed by atoms with Crippen molar-refractivity contribution in [3.8, 4) is 5.75 Å². The average Bonchev–Trinajstić information content (AvgIpc) is 2.62. The SMILES string of the molecule is Cc1ccc(S(=O)(=O)NCCCC(=O)Nc2ccc(OC(F)F)cc2)cc1C. The average molecular weight is 412 g/mol. The van der Waals surface area contributed by atoms with Crippen molar-refractivity contribution in [2.75, 3.05) is 11.9 Å². The summed E-state index contributed by atoms with van der Waals surface area (Å²) in [7, 11) is -3.63. The fourth-order valence-corrected chi connectivity index (χ4v) is 3.52. The number of ether oxygens (including phenoxy) is 1. The van der Waals surface area contributed by atoms with Gasteiger partial charge in [-0.15, -0.1) is 0 Å². The molecule has 2 aromatic carbocycles. The fourth-order valence-electron chi connectivity index (χ4n) is 2.36. The van der Waals surface area contributed by atoms with Gasteiger partial charge in [0, 0.05) is 18.7 Å². The molecule has 0 aliphatic carbocycles. The van der Waals surface area contributed by atoms with E-state index in [2.05, 4.69) is 14.8 Å². The number of rotatable bonds is 9. The lowest BCUT2D eigenvalue weighted by Gasteiger charge is -2.09. The van der Waals surface area contributed by atoms with Crippen molar-refractivity contribution >= 4 is 21.6 Å². The van der Waals surface area contributed by atoms with Crippen molar-refractivity contribution in [2.45, 2.75) is 38.2 Å². The van der Waals surface area contributed by atoms with Crippen molar-refractivity contribution in [1.29, 1.82) is 0 Å². The molecule has 2 N–H and O–H groups in total. The van der Waals surface area contributed by atoms with E-state index in [1.165, 1.54) is 24.3 Å². The van der Waals surface area contributed by atoms with E-state index in [-0.39, 0.29) is 29.5 Å². The summed E-state index contributed by atoms with van der Waals surface area (Å²) in [5.74, 6) is -0.318. The molecule has 0 unspecified atom stereocenters. The predicted molar refractivity (Wildman–Crippen MR) is 102 cm³/mol. The van der Waals surface area contributed by atoms with Gasteiger partial charge in [0.2, 0.25) is 15.9 Å². The lowest BCUT2D eigenvalue weighted by atomic mass is 10.1. The maximum absolute atomic E-state index is 12.3. The van der Waals surface area contributed by atoms with Gasteiger partial charge in [-0.3, -0.25) is 4.79 Å². The fraction of sp³-hybridized carbons (Fsp3) is 0.316. The predicted octanol–water partition coefficient (Wildman–Crippen LogP) is 3.60. The quantitative estimate of drug-likeness (QED) is 0.617. The van der Waals surface area contributed by atoms with Crippen LogP contribution in [0.3, 0.4) is 0 Å². The third-order valence-electron chi connectivity index (χ3n) is 4.02.